The zero-order chi connectivity index (χ0) is 16.8. The molecule has 118 valence electrons. The standard InChI is InChI=1S/C17H14ClFN2O2/c1-21(10-13-4-2-12(9-20)3-5-13)17(22)11-23-14-6-7-16(19)15(18)8-14/h2-8H,10-11H2,1H3. The van der Waals surface area contributed by atoms with Crippen molar-refractivity contribution in [2.45, 2.75) is 6.54 Å². The molecule has 0 aromatic heterocycles. The molecule has 0 saturated carbocycles. The van der Waals surface area contributed by atoms with Gasteiger partial charge in [-0.1, -0.05) is 23.7 Å². The number of hydrogen-bond acceptors (Lipinski definition) is 3. The van der Waals surface area contributed by atoms with E-state index in [4.69, 9.17) is 21.6 Å². The van der Waals surface area contributed by atoms with Crippen LogP contribution < -0.4 is 4.74 Å². The minimum atomic E-state index is -0.539. The van der Waals surface area contributed by atoms with Crippen molar-refractivity contribution in [2.24, 2.45) is 0 Å². The van der Waals surface area contributed by atoms with Crippen LogP contribution in [0, 0.1) is 17.1 Å². The highest BCUT2D eigenvalue weighted by Gasteiger charge is 2.11. The Labute approximate surface area is 138 Å². The zero-order valence-corrected chi connectivity index (χ0v) is 13.2. The maximum absolute atomic E-state index is 13.0. The van der Waals surface area contributed by atoms with Crippen LogP contribution >= 0.6 is 11.6 Å². The molecule has 0 unspecified atom stereocenters. The van der Waals surface area contributed by atoms with E-state index in [9.17, 15) is 9.18 Å². The van der Waals surface area contributed by atoms with Crippen LogP contribution in [0.5, 0.6) is 5.75 Å². The van der Waals surface area contributed by atoms with E-state index in [1.807, 2.05) is 6.07 Å². The first-order valence-corrected chi connectivity index (χ1v) is 7.18. The second kappa shape index (κ2) is 7.61. The van der Waals surface area contributed by atoms with Gasteiger partial charge in [-0.2, -0.15) is 5.26 Å². The van der Waals surface area contributed by atoms with Crippen LogP contribution in [0.3, 0.4) is 0 Å². The van der Waals surface area contributed by atoms with Crippen LogP contribution in [-0.4, -0.2) is 24.5 Å². The van der Waals surface area contributed by atoms with Gasteiger partial charge in [0.2, 0.25) is 0 Å². The number of halogens is 2. The lowest BCUT2D eigenvalue weighted by Gasteiger charge is -2.17. The minimum Gasteiger partial charge on any atom is -0.484 e. The molecule has 0 N–H and O–H groups in total. The highest BCUT2D eigenvalue weighted by Crippen LogP contribution is 2.21. The fourth-order valence-corrected chi connectivity index (χ4v) is 2.04. The Kier molecular flexibility index (Phi) is 5.56. The van der Waals surface area contributed by atoms with E-state index in [0.717, 1.165) is 5.56 Å². The van der Waals surface area contributed by atoms with E-state index in [-0.39, 0.29) is 17.5 Å². The Morgan fingerprint density at radius 1 is 1.30 bits per heavy atom. The molecular weight excluding hydrogens is 319 g/mol. The molecule has 4 nitrogen and oxygen atoms in total. The average molecular weight is 333 g/mol. The Balaban J connectivity index is 1.89. The Hall–Kier alpha value is -2.58. The second-order valence-corrected chi connectivity index (χ2v) is 5.33. The minimum absolute atomic E-state index is 0.0547. The average Bonchev–Trinajstić information content (AvgIpc) is 2.56. The molecule has 0 aliphatic rings. The molecule has 23 heavy (non-hydrogen) atoms. The van der Waals surface area contributed by atoms with Crippen LogP contribution in [0.1, 0.15) is 11.1 Å². The number of benzene rings is 2. The van der Waals surface area contributed by atoms with E-state index < -0.39 is 5.82 Å². The molecule has 0 saturated heterocycles. The molecule has 0 spiro atoms. The van der Waals surface area contributed by atoms with Gasteiger partial charge in [-0.05, 0) is 29.8 Å². The highest BCUT2D eigenvalue weighted by molar-refractivity contribution is 6.30. The van der Waals surface area contributed by atoms with Crippen molar-refractivity contribution < 1.29 is 13.9 Å². The van der Waals surface area contributed by atoms with E-state index >= 15 is 0 Å². The molecule has 1 amide bonds. The van der Waals surface area contributed by atoms with Crippen LogP contribution in [-0.2, 0) is 11.3 Å². The number of hydrogen-bond donors (Lipinski definition) is 0. The summed E-state index contributed by atoms with van der Waals surface area (Å²) in [5, 5.41) is 8.69. The molecule has 0 fully saturated rings. The number of amides is 1. The van der Waals surface area contributed by atoms with Crippen LogP contribution in [0.25, 0.3) is 0 Å². The molecule has 0 bridgehead atoms. The smallest absolute Gasteiger partial charge is 0.260 e. The monoisotopic (exact) mass is 332 g/mol. The predicted octanol–water partition coefficient (Wildman–Crippen LogP) is 3.39. The second-order valence-electron chi connectivity index (χ2n) is 4.92. The Morgan fingerprint density at radius 3 is 2.61 bits per heavy atom. The van der Waals surface area contributed by atoms with Gasteiger partial charge in [-0.3, -0.25) is 4.79 Å². The molecule has 0 aliphatic carbocycles. The summed E-state index contributed by atoms with van der Waals surface area (Å²) in [7, 11) is 1.65. The largest absolute Gasteiger partial charge is 0.484 e. The van der Waals surface area contributed by atoms with Crippen molar-refractivity contribution in [3.63, 3.8) is 0 Å². The van der Waals surface area contributed by atoms with E-state index in [2.05, 4.69) is 0 Å². The number of nitrogens with zero attached hydrogens (tertiary/aromatic N) is 2. The topological polar surface area (TPSA) is 53.3 Å². The lowest BCUT2D eigenvalue weighted by molar-refractivity contribution is -0.132. The summed E-state index contributed by atoms with van der Waals surface area (Å²) in [4.78, 5) is 13.5. The molecule has 0 heterocycles. The summed E-state index contributed by atoms with van der Waals surface area (Å²) in [5.74, 6) is -0.436. The highest BCUT2D eigenvalue weighted by atomic mass is 35.5. The van der Waals surface area contributed by atoms with Gasteiger partial charge in [-0.15, -0.1) is 0 Å². The van der Waals surface area contributed by atoms with Gasteiger partial charge in [0.1, 0.15) is 11.6 Å². The summed E-state index contributed by atoms with van der Waals surface area (Å²) >= 11 is 5.65. The van der Waals surface area contributed by atoms with Crippen LogP contribution in [0.4, 0.5) is 4.39 Å². The predicted molar refractivity (Wildman–Crippen MR) is 84.5 cm³/mol. The lowest BCUT2D eigenvalue weighted by atomic mass is 10.1. The third-order valence-electron chi connectivity index (χ3n) is 3.18. The molecule has 2 aromatic carbocycles. The fourth-order valence-electron chi connectivity index (χ4n) is 1.87. The van der Waals surface area contributed by atoms with Gasteiger partial charge in [-0.25, -0.2) is 4.39 Å². The first-order chi connectivity index (χ1) is 11.0. The molecule has 2 rings (SSSR count). The van der Waals surface area contributed by atoms with Crippen LogP contribution in [0.2, 0.25) is 5.02 Å². The summed E-state index contributed by atoms with van der Waals surface area (Å²) in [6.45, 7) is 0.229. The third kappa shape index (κ3) is 4.70. The van der Waals surface area contributed by atoms with Gasteiger partial charge in [0, 0.05) is 19.7 Å². The summed E-state index contributed by atoms with van der Waals surface area (Å²) in [5.41, 5.74) is 1.48. The van der Waals surface area contributed by atoms with Crippen molar-refractivity contribution in [3.05, 3.63) is 64.4 Å². The number of ether oxygens (including phenoxy) is 1. The van der Waals surface area contributed by atoms with Gasteiger partial charge in [0.15, 0.2) is 6.61 Å². The molecule has 0 atom stereocenters. The molecule has 2 aromatic rings. The molecule has 0 aliphatic heterocycles. The third-order valence-corrected chi connectivity index (χ3v) is 3.47. The SMILES string of the molecule is CN(Cc1ccc(C#N)cc1)C(=O)COc1ccc(F)c(Cl)c1. The normalized spacial score (nSPS) is 10.0. The van der Waals surface area contributed by atoms with Gasteiger partial charge in [0.25, 0.3) is 5.91 Å². The maximum atomic E-state index is 13.0. The quantitative estimate of drug-likeness (QED) is 0.843. The summed E-state index contributed by atoms with van der Waals surface area (Å²) in [6, 6.07) is 12.9. The fraction of sp³-hybridized carbons (Fsp3) is 0.176. The van der Waals surface area contributed by atoms with Crippen molar-refractivity contribution >= 4 is 17.5 Å². The van der Waals surface area contributed by atoms with E-state index in [1.54, 1.807) is 31.3 Å². The number of likely N-dealkylation sites (N-methyl/N-ethyl adjacent to an activating group) is 1. The number of nitriles is 1. The zero-order valence-electron chi connectivity index (χ0n) is 12.4. The first-order valence-electron chi connectivity index (χ1n) is 6.80. The van der Waals surface area contributed by atoms with Crippen molar-refractivity contribution in [1.82, 2.24) is 4.90 Å². The van der Waals surface area contributed by atoms with Crippen molar-refractivity contribution in [3.8, 4) is 11.8 Å². The first kappa shape index (κ1) is 16.8. The number of carbonyl (C=O) groups excluding carboxylic acids is 1. The van der Waals surface area contributed by atoms with Crippen molar-refractivity contribution in [1.29, 1.82) is 5.26 Å². The van der Waals surface area contributed by atoms with Crippen molar-refractivity contribution in [2.75, 3.05) is 13.7 Å². The number of carbonyl (C=O) groups is 1. The van der Waals surface area contributed by atoms with Gasteiger partial charge >= 0.3 is 0 Å². The maximum Gasteiger partial charge on any atom is 0.260 e. The van der Waals surface area contributed by atoms with E-state index in [1.165, 1.54) is 23.1 Å². The van der Waals surface area contributed by atoms with Crippen LogP contribution in [0.15, 0.2) is 42.5 Å². The van der Waals surface area contributed by atoms with E-state index in [0.29, 0.717) is 17.9 Å². The Bertz CT molecular complexity index is 741. The number of rotatable bonds is 5. The molecule has 0 radical (unpaired) electrons. The van der Waals surface area contributed by atoms with Gasteiger partial charge in [0.05, 0.1) is 16.7 Å². The lowest BCUT2D eigenvalue weighted by Crippen LogP contribution is -2.30. The summed E-state index contributed by atoms with van der Waals surface area (Å²) < 4.78 is 18.4. The molecule has 6 heteroatoms. The summed E-state index contributed by atoms with van der Waals surface area (Å²) in [6.07, 6.45) is 0. The van der Waals surface area contributed by atoms with Gasteiger partial charge < -0.3 is 9.64 Å². The Morgan fingerprint density at radius 2 is 2.00 bits per heavy atom. The molecular formula is C17H14ClFN2O2.